The van der Waals surface area contributed by atoms with Crippen LogP contribution < -0.4 is 4.74 Å². The second kappa shape index (κ2) is 6.69. The van der Waals surface area contributed by atoms with E-state index in [4.69, 9.17) is 9.72 Å². The van der Waals surface area contributed by atoms with Gasteiger partial charge < -0.3 is 4.74 Å². The van der Waals surface area contributed by atoms with Crippen LogP contribution in [-0.2, 0) is 0 Å². The minimum Gasteiger partial charge on any atom is -0.455 e. The van der Waals surface area contributed by atoms with Gasteiger partial charge in [0, 0.05) is 10.9 Å². The molecule has 0 saturated carbocycles. The van der Waals surface area contributed by atoms with E-state index >= 15 is 0 Å². The number of aromatic nitrogens is 1. The van der Waals surface area contributed by atoms with Gasteiger partial charge in [-0.3, -0.25) is 0 Å². The summed E-state index contributed by atoms with van der Waals surface area (Å²) in [6, 6.07) is 26.2. The molecule has 0 aliphatic heterocycles. The first-order chi connectivity index (χ1) is 12.2. The van der Waals surface area contributed by atoms with Crippen molar-refractivity contribution < 1.29 is 4.74 Å². The van der Waals surface area contributed by atoms with Crippen LogP contribution in [0.15, 0.2) is 83.3 Å². The van der Waals surface area contributed by atoms with E-state index in [1.165, 1.54) is 5.56 Å². The molecule has 0 radical (unpaired) electrons. The van der Waals surface area contributed by atoms with Crippen molar-refractivity contribution in [2.45, 2.75) is 6.92 Å². The number of nitrogens with zero attached hydrogens (tertiary/aromatic N) is 1. The van der Waals surface area contributed by atoms with E-state index in [1.807, 2.05) is 66.7 Å². The Morgan fingerprint density at radius 2 is 1.48 bits per heavy atom. The van der Waals surface area contributed by atoms with Crippen LogP contribution in [0.2, 0.25) is 0 Å². The zero-order valence-corrected chi connectivity index (χ0v) is 15.3. The van der Waals surface area contributed by atoms with Gasteiger partial charge in [-0.2, -0.15) is 0 Å². The first kappa shape index (κ1) is 15.9. The lowest BCUT2D eigenvalue weighted by Gasteiger charge is -2.14. The lowest BCUT2D eigenvalue weighted by atomic mass is 10.1. The Morgan fingerprint density at radius 3 is 2.24 bits per heavy atom. The van der Waals surface area contributed by atoms with Crippen LogP contribution in [0.1, 0.15) is 5.56 Å². The molecule has 0 N–H and O–H groups in total. The summed E-state index contributed by atoms with van der Waals surface area (Å²) >= 11 is 3.72. The van der Waals surface area contributed by atoms with E-state index in [-0.39, 0.29) is 0 Å². The van der Waals surface area contributed by atoms with E-state index in [0.717, 1.165) is 38.1 Å². The topological polar surface area (TPSA) is 22.1 Å². The number of rotatable bonds is 3. The molecule has 0 fully saturated rings. The Bertz CT molecular complexity index is 1030. The van der Waals surface area contributed by atoms with Gasteiger partial charge in [0.1, 0.15) is 5.75 Å². The zero-order valence-electron chi connectivity index (χ0n) is 13.7. The summed E-state index contributed by atoms with van der Waals surface area (Å²) in [5.41, 5.74) is 4.04. The van der Waals surface area contributed by atoms with Crippen LogP contribution >= 0.6 is 15.9 Å². The Kier molecular flexibility index (Phi) is 4.24. The summed E-state index contributed by atoms with van der Waals surface area (Å²) in [5, 5.41) is 0.981. The Morgan fingerprint density at radius 1 is 0.800 bits per heavy atom. The molecule has 4 aromatic rings. The Balaban J connectivity index is 1.92. The van der Waals surface area contributed by atoms with Crippen LogP contribution in [0.25, 0.3) is 22.2 Å². The maximum absolute atomic E-state index is 6.25. The first-order valence-electron chi connectivity index (χ1n) is 8.10. The number of hydrogen-bond acceptors (Lipinski definition) is 2. The molecule has 3 heteroatoms. The summed E-state index contributed by atoms with van der Waals surface area (Å²) in [6.45, 7) is 2.06. The number of ether oxygens (including phenoxy) is 1. The highest BCUT2D eigenvalue weighted by Crippen LogP contribution is 2.41. The van der Waals surface area contributed by atoms with Gasteiger partial charge in [-0.05, 0) is 47.1 Å². The van der Waals surface area contributed by atoms with Gasteiger partial charge in [0.05, 0.1) is 15.7 Å². The number of pyridine rings is 1. The van der Waals surface area contributed by atoms with Crippen molar-refractivity contribution in [2.75, 3.05) is 0 Å². The largest absolute Gasteiger partial charge is 0.455 e. The van der Waals surface area contributed by atoms with Crippen LogP contribution in [-0.4, -0.2) is 4.98 Å². The van der Waals surface area contributed by atoms with Crippen LogP contribution in [0, 0.1) is 6.92 Å². The number of benzene rings is 3. The molecule has 0 aliphatic rings. The average molecular weight is 390 g/mol. The predicted molar refractivity (Wildman–Crippen MR) is 106 cm³/mol. The Hall–Kier alpha value is -2.65. The molecule has 0 bridgehead atoms. The SMILES string of the molecule is Cc1ccc(Oc2c(Br)c(-c3ccccc3)nc3ccccc23)cc1. The van der Waals surface area contributed by atoms with Gasteiger partial charge in [-0.15, -0.1) is 0 Å². The summed E-state index contributed by atoms with van der Waals surface area (Å²) in [6.07, 6.45) is 0. The first-order valence-corrected chi connectivity index (χ1v) is 8.90. The van der Waals surface area contributed by atoms with Gasteiger partial charge >= 0.3 is 0 Å². The molecule has 0 unspecified atom stereocenters. The number of fused-ring (bicyclic) bond motifs is 1. The average Bonchev–Trinajstić information content (AvgIpc) is 2.66. The number of hydrogen-bond donors (Lipinski definition) is 0. The van der Waals surface area contributed by atoms with Crippen molar-refractivity contribution >= 4 is 26.8 Å². The third-order valence-electron chi connectivity index (χ3n) is 4.08. The predicted octanol–water partition coefficient (Wildman–Crippen LogP) is 6.77. The Labute approximate surface area is 155 Å². The second-order valence-corrected chi connectivity index (χ2v) is 6.69. The zero-order chi connectivity index (χ0) is 17.2. The molecule has 0 aliphatic carbocycles. The minimum absolute atomic E-state index is 0.785. The smallest absolute Gasteiger partial charge is 0.153 e. The van der Waals surface area contributed by atoms with Gasteiger partial charge in [-0.1, -0.05) is 60.2 Å². The highest BCUT2D eigenvalue weighted by atomic mass is 79.9. The fraction of sp³-hybridized carbons (Fsp3) is 0.0455. The monoisotopic (exact) mass is 389 g/mol. The number of halogens is 1. The highest BCUT2D eigenvalue weighted by Gasteiger charge is 2.16. The molecule has 0 spiro atoms. The van der Waals surface area contributed by atoms with Crippen molar-refractivity contribution in [2.24, 2.45) is 0 Å². The van der Waals surface area contributed by atoms with E-state index < -0.39 is 0 Å². The van der Waals surface area contributed by atoms with Crippen LogP contribution in [0.4, 0.5) is 0 Å². The van der Waals surface area contributed by atoms with Crippen LogP contribution in [0.3, 0.4) is 0 Å². The van der Waals surface area contributed by atoms with Gasteiger partial charge in [0.25, 0.3) is 0 Å². The van der Waals surface area contributed by atoms with E-state index in [1.54, 1.807) is 0 Å². The van der Waals surface area contributed by atoms with Crippen LogP contribution in [0.5, 0.6) is 11.5 Å². The molecule has 4 rings (SSSR count). The summed E-state index contributed by atoms with van der Waals surface area (Å²) < 4.78 is 7.11. The second-order valence-electron chi connectivity index (χ2n) is 5.90. The number of aryl methyl sites for hydroxylation is 1. The molecule has 25 heavy (non-hydrogen) atoms. The summed E-state index contributed by atoms with van der Waals surface area (Å²) in [4.78, 5) is 4.83. The van der Waals surface area contributed by atoms with E-state index in [2.05, 4.69) is 35.0 Å². The molecule has 0 atom stereocenters. The normalized spacial score (nSPS) is 10.8. The molecule has 1 heterocycles. The minimum atomic E-state index is 0.785. The van der Waals surface area contributed by atoms with Crippen molar-refractivity contribution in [3.8, 4) is 22.8 Å². The van der Waals surface area contributed by atoms with Gasteiger partial charge in [-0.25, -0.2) is 4.98 Å². The molecule has 0 saturated heterocycles. The molecule has 3 aromatic carbocycles. The quantitative estimate of drug-likeness (QED) is 0.385. The number of para-hydroxylation sites is 1. The van der Waals surface area contributed by atoms with Crippen molar-refractivity contribution in [1.82, 2.24) is 4.98 Å². The van der Waals surface area contributed by atoms with E-state index in [9.17, 15) is 0 Å². The molecular weight excluding hydrogens is 374 g/mol. The molecule has 122 valence electrons. The summed E-state index contributed by atoms with van der Waals surface area (Å²) in [7, 11) is 0. The molecule has 1 aromatic heterocycles. The van der Waals surface area contributed by atoms with Gasteiger partial charge in [0.2, 0.25) is 0 Å². The fourth-order valence-electron chi connectivity index (χ4n) is 2.77. The van der Waals surface area contributed by atoms with Crippen molar-refractivity contribution in [3.63, 3.8) is 0 Å². The van der Waals surface area contributed by atoms with Gasteiger partial charge in [0.15, 0.2) is 5.75 Å². The maximum Gasteiger partial charge on any atom is 0.153 e. The third kappa shape index (κ3) is 3.15. The maximum atomic E-state index is 6.25. The third-order valence-corrected chi connectivity index (χ3v) is 4.81. The standard InChI is InChI=1S/C22H16BrNO/c1-15-11-13-17(14-12-15)25-22-18-9-5-6-10-19(18)24-21(20(22)23)16-7-3-2-4-8-16/h2-14H,1H3. The van der Waals surface area contributed by atoms with E-state index in [0.29, 0.717) is 0 Å². The highest BCUT2D eigenvalue weighted by molar-refractivity contribution is 9.10. The summed E-state index contributed by atoms with van der Waals surface area (Å²) in [5.74, 6) is 1.59. The van der Waals surface area contributed by atoms with Crippen molar-refractivity contribution in [1.29, 1.82) is 0 Å². The van der Waals surface area contributed by atoms with Crippen molar-refractivity contribution in [3.05, 3.63) is 88.9 Å². The molecule has 2 nitrogen and oxygen atoms in total. The lowest BCUT2D eigenvalue weighted by Crippen LogP contribution is -1.94. The lowest BCUT2D eigenvalue weighted by molar-refractivity contribution is 0.485. The molecule has 0 amide bonds. The molecular formula is C22H16BrNO. The fourth-order valence-corrected chi connectivity index (χ4v) is 3.38.